The van der Waals surface area contributed by atoms with Crippen LogP contribution in [-0.4, -0.2) is 23.4 Å². The van der Waals surface area contributed by atoms with Crippen molar-refractivity contribution in [1.82, 2.24) is 0 Å². The first-order valence-corrected chi connectivity index (χ1v) is 4.66. The molecule has 0 fully saturated rings. The molecule has 0 aromatic carbocycles. The van der Waals surface area contributed by atoms with Gasteiger partial charge in [-0.25, -0.2) is 0 Å². The average Bonchev–Trinajstić information content (AvgIpc) is 2.17. The predicted octanol–water partition coefficient (Wildman–Crippen LogP) is 1.33. The molecule has 2 heteroatoms. The van der Waals surface area contributed by atoms with E-state index in [-0.39, 0.29) is 24.5 Å². The summed E-state index contributed by atoms with van der Waals surface area (Å²) in [7, 11) is 0. The number of aliphatic hydroxyl groups excluding tert-OH is 2. The van der Waals surface area contributed by atoms with E-state index in [1.54, 1.807) is 0 Å². The van der Waals surface area contributed by atoms with E-state index in [0.29, 0.717) is 0 Å². The van der Waals surface area contributed by atoms with Gasteiger partial charge in [0.15, 0.2) is 0 Å². The quantitative estimate of drug-likeness (QED) is 0.627. The molecule has 2 atom stereocenters. The van der Waals surface area contributed by atoms with Gasteiger partial charge in [-0.2, -0.15) is 0 Å². The van der Waals surface area contributed by atoms with Crippen LogP contribution < -0.4 is 0 Å². The lowest BCUT2D eigenvalue weighted by Crippen LogP contribution is -2.37. The molecule has 0 aromatic heterocycles. The minimum Gasteiger partial charge on any atom is -0.396 e. The van der Waals surface area contributed by atoms with Crippen molar-refractivity contribution in [1.29, 1.82) is 0 Å². The largest absolute Gasteiger partial charge is 0.396 e. The van der Waals surface area contributed by atoms with Crippen LogP contribution in [0.3, 0.4) is 0 Å². The standard InChI is InChI=1S/C10H18O2/c1-2-10(8-12)6-4-3-5-9(10)7-11/h3-4,9,11-12H,2,5-8H2,1H3. The molecule has 0 aromatic rings. The van der Waals surface area contributed by atoms with E-state index in [4.69, 9.17) is 5.11 Å². The average molecular weight is 170 g/mol. The van der Waals surface area contributed by atoms with E-state index in [1.165, 1.54) is 0 Å². The molecular weight excluding hydrogens is 152 g/mol. The second kappa shape index (κ2) is 4.06. The second-order valence-electron chi connectivity index (χ2n) is 3.66. The summed E-state index contributed by atoms with van der Waals surface area (Å²) < 4.78 is 0. The third-order valence-electron chi connectivity index (χ3n) is 3.22. The Morgan fingerprint density at radius 1 is 1.42 bits per heavy atom. The van der Waals surface area contributed by atoms with Gasteiger partial charge in [0.05, 0.1) is 0 Å². The van der Waals surface area contributed by atoms with Crippen molar-refractivity contribution in [2.24, 2.45) is 11.3 Å². The highest BCUT2D eigenvalue weighted by Crippen LogP contribution is 2.40. The molecule has 1 aliphatic rings. The fourth-order valence-corrected chi connectivity index (χ4v) is 2.00. The number of hydrogen-bond acceptors (Lipinski definition) is 2. The summed E-state index contributed by atoms with van der Waals surface area (Å²) in [5.41, 5.74) is -0.0521. The molecule has 2 nitrogen and oxygen atoms in total. The Hall–Kier alpha value is -0.340. The highest BCUT2D eigenvalue weighted by molar-refractivity contribution is 5.01. The van der Waals surface area contributed by atoms with E-state index in [9.17, 15) is 5.11 Å². The van der Waals surface area contributed by atoms with Gasteiger partial charge in [0.25, 0.3) is 0 Å². The van der Waals surface area contributed by atoms with Gasteiger partial charge in [-0.05, 0) is 25.2 Å². The molecule has 0 saturated heterocycles. The van der Waals surface area contributed by atoms with Gasteiger partial charge in [-0.15, -0.1) is 0 Å². The molecular formula is C10H18O2. The predicted molar refractivity (Wildman–Crippen MR) is 48.8 cm³/mol. The topological polar surface area (TPSA) is 40.5 Å². The zero-order valence-electron chi connectivity index (χ0n) is 7.66. The number of rotatable bonds is 3. The lowest BCUT2D eigenvalue weighted by molar-refractivity contribution is 0.0219. The molecule has 12 heavy (non-hydrogen) atoms. The van der Waals surface area contributed by atoms with Crippen molar-refractivity contribution in [3.05, 3.63) is 12.2 Å². The van der Waals surface area contributed by atoms with E-state index in [0.717, 1.165) is 19.3 Å². The Kier molecular flexibility index (Phi) is 3.29. The number of allylic oxidation sites excluding steroid dienone is 2. The van der Waals surface area contributed by atoms with E-state index in [1.807, 2.05) is 0 Å². The van der Waals surface area contributed by atoms with Crippen molar-refractivity contribution in [3.8, 4) is 0 Å². The SMILES string of the molecule is CCC1(CO)CC=CCC1CO. The van der Waals surface area contributed by atoms with Crippen molar-refractivity contribution >= 4 is 0 Å². The molecule has 0 aliphatic heterocycles. The first-order chi connectivity index (χ1) is 5.79. The maximum atomic E-state index is 9.30. The van der Waals surface area contributed by atoms with Crippen molar-refractivity contribution in [2.75, 3.05) is 13.2 Å². The van der Waals surface area contributed by atoms with Gasteiger partial charge in [0.2, 0.25) is 0 Å². The van der Waals surface area contributed by atoms with Crippen molar-refractivity contribution < 1.29 is 10.2 Å². The van der Waals surface area contributed by atoms with Gasteiger partial charge in [-0.3, -0.25) is 0 Å². The third kappa shape index (κ3) is 1.54. The summed E-state index contributed by atoms with van der Waals surface area (Å²) in [5, 5.41) is 18.4. The van der Waals surface area contributed by atoms with Crippen LogP contribution in [0, 0.1) is 11.3 Å². The van der Waals surface area contributed by atoms with Crippen molar-refractivity contribution in [2.45, 2.75) is 26.2 Å². The van der Waals surface area contributed by atoms with Gasteiger partial charge < -0.3 is 10.2 Å². The normalized spacial score (nSPS) is 35.4. The first kappa shape index (κ1) is 9.75. The zero-order valence-corrected chi connectivity index (χ0v) is 7.66. The van der Waals surface area contributed by atoms with Crippen molar-refractivity contribution in [3.63, 3.8) is 0 Å². The Bertz CT molecular complexity index is 159. The van der Waals surface area contributed by atoms with Crippen LogP contribution in [0.5, 0.6) is 0 Å². The van der Waals surface area contributed by atoms with Gasteiger partial charge >= 0.3 is 0 Å². The highest BCUT2D eigenvalue weighted by Gasteiger charge is 2.36. The monoisotopic (exact) mass is 170 g/mol. The second-order valence-corrected chi connectivity index (χ2v) is 3.66. The van der Waals surface area contributed by atoms with Crippen LogP contribution in [0.15, 0.2) is 12.2 Å². The molecule has 1 rings (SSSR count). The Labute approximate surface area is 73.9 Å². The van der Waals surface area contributed by atoms with Crippen LogP contribution in [0.25, 0.3) is 0 Å². The maximum Gasteiger partial charge on any atom is 0.0493 e. The van der Waals surface area contributed by atoms with Gasteiger partial charge in [0, 0.05) is 18.6 Å². The molecule has 0 saturated carbocycles. The van der Waals surface area contributed by atoms with E-state index in [2.05, 4.69) is 19.1 Å². The Balaban J connectivity index is 2.75. The summed E-state index contributed by atoms with van der Waals surface area (Å²) in [5.74, 6) is 0.248. The van der Waals surface area contributed by atoms with Gasteiger partial charge in [0.1, 0.15) is 0 Å². The minimum atomic E-state index is -0.0521. The van der Waals surface area contributed by atoms with E-state index >= 15 is 0 Å². The fourth-order valence-electron chi connectivity index (χ4n) is 2.00. The summed E-state index contributed by atoms with van der Waals surface area (Å²) in [6.07, 6.45) is 6.98. The Morgan fingerprint density at radius 2 is 2.17 bits per heavy atom. The molecule has 0 amide bonds. The summed E-state index contributed by atoms with van der Waals surface area (Å²) in [4.78, 5) is 0. The van der Waals surface area contributed by atoms with Crippen LogP contribution in [0.1, 0.15) is 26.2 Å². The van der Waals surface area contributed by atoms with Crippen LogP contribution in [0.4, 0.5) is 0 Å². The van der Waals surface area contributed by atoms with Crippen LogP contribution in [-0.2, 0) is 0 Å². The van der Waals surface area contributed by atoms with E-state index < -0.39 is 0 Å². The summed E-state index contributed by atoms with van der Waals surface area (Å²) in [6.45, 7) is 2.47. The lowest BCUT2D eigenvalue weighted by atomic mass is 9.68. The molecule has 0 heterocycles. The number of aliphatic hydroxyl groups is 2. The van der Waals surface area contributed by atoms with Crippen LogP contribution in [0.2, 0.25) is 0 Å². The summed E-state index contributed by atoms with van der Waals surface area (Å²) >= 11 is 0. The Morgan fingerprint density at radius 3 is 2.58 bits per heavy atom. The molecule has 0 spiro atoms. The molecule has 1 aliphatic carbocycles. The zero-order chi connectivity index (χ0) is 9.03. The molecule has 0 bridgehead atoms. The lowest BCUT2D eigenvalue weighted by Gasteiger charge is -2.39. The van der Waals surface area contributed by atoms with Crippen LogP contribution >= 0.6 is 0 Å². The molecule has 2 N–H and O–H groups in total. The first-order valence-electron chi connectivity index (χ1n) is 4.66. The molecule has 2 unspecified atom stereocenters. The third-order valence-corrected chi connectivity index (χ3v) is 3.22. The maximum absolute atomic E-state index is 9.30. The van der Waals surface area contributed by atoms with Gasteiger partial charge in [-0.1, -0.05) is 19.1 Å². The number of hydrogen-bond donors (Lipinski definition) is 2. The molecule has 0 radical (unpaired) electrons. The molecule has 70 valence electrons. The fraction of sp³-hybridized carbons (Fsp3) is 0.800. The smallest absolute Gasteiger partial charge is 0.0493 e. The summed E-state index contributed by atoms with van der Waals surface area (Å²) in [6, 6.07) is 0. The minimum absolute atomic E-state index is 0.0521. The highest BCUT2D eigenvalue weighted by atomic mass is 16.3.